The van der Waals surface area contributed by atoms with Crippen molar-refractivity contribution >= 4 is 11.8 Å². The van der Waals surface area contributed by atoms with Gasteiger partial charge >= 0.3 is 5.97 Å². The molecule has 1 heterocycles. The maximum Gasteiger partial charge on any atom is 0.341 e. The Labute approximate surface area is 72.6 Å². The second-order valence-electron chi connectivity index (χ2n) is 2.97. The summed E-state index contributed by atoms with van der Waals surface area (Å²) >= 11 is 0. The molecule has 6 nitrogen and oxygen atoms in total. The number of nitrogens with two attached hydrogens (primary N) is 1. The van der Waals surface area contributed by atoms with Crippen LogP contribution < -0.4 is 5.73 Å². The lowest BCUT2D eigenvalue weighted by molar-refractivity contribution is -0.135. The molecule has 0 saturated carbocycles. The number of epoxide rings is 1. The fourth-order valence-electron chi connectivity index (χ4n) is 1.41. The van der Waals surface area contributed by atoms with Crippen LogP contribution in [0.3, 0.4) is 0 Å². The molecule has 0 unspecified atom stereocenters. The van der Waals surface area contributed by atoms with Crippen LogP contribution in [0.2, 0.25) is 0 Å². The maximum atomic E-state index is 11.2. The first-order valence-electron chi connectivity index (χ1n) is 3.64. The number of carboxylic acid groups (broad SMARTS) is 1. The highest BCUT2D eigenvalue weighted by Crippen LogP contribution is 2.35. The van der Waals surface area contributed by atoms with E-state index in [0.29, 0.717) is 0 Å². The zero-order valence-electron chi connectivity index (χ0n) is 6.43. The van der Waals surface area contributed by atoms with E-state index in [1.165, 1.54) is 0 Å². The van der Waals surface area contributed by atoms with Gasteiger partial charge in [0, 0.05) is 0 Å². The van der Waals surface area contributed by atoms with Gasteiger partial charge in [0.05, 0.1) is 5.70 Å². The average molecular weight is 185 g/mol. The van der Waals surface area contributed by atoms with Crippen molar-refractivity contribution < 1.29 is 24.5 Å². The van der Waals surface area contributed by atoms with Crippen LogP contribution >= 0.6 is 0 Å². The van der Waals surface area contributed by atoms with Gasteiger partial charge in [0.25, 0.3) is 0 Å². The van der Waals surface area contributed by atoms with Crippen LogP contribution in [-0.2, 0) is 14.3 Å². The third-order valence-corrected chi connectivity index (χ3v) is 2.16. The van der Waals surface area contributed by atoms with Gasteiger partial charge in [0.1, 0.15) is 17.8 Å². The summed E-state index contributed by atoms with van der Waals surface area (Å²) in [6, 6.07) is 0. The molecule has 13 heavy (non-hydrogen) atoms. The third-order valence-electron chi connectivity index (χ3n) is 2.16. The Morgan fingerprint density at radius 3 is 2.69 bits per heavy atom. The average Bonchev–Trinajstić information content (AvgIpc) is 2.79. The summed E-state index contributed by atoms with van der Waals surface area (Å²) in [5.74, 6) is -2.07. The minimum absolute atomic E-state index is 0.309. The van der Waals surface area contributed by atoms with Crippen LogP contribution in [0.1, 0.15) is 0 Å². The van der Waals surface area contributed by atoms with Gasteiger partial charge in [-0.2, -0.15) is 0 Å². The van der Waals surface area contributed by atoms with Crippen molar-refractivity contribution in [1.82, 2.24) is 0 Å². The third kappa shape index (κ3) is 0.958. The molecule has 4 N–H and O–H groups in total. The molecule has 0 spiro atoms. The van der Waals surface area contributed by atoms with Gasteiger partial charge < -0.3 is 20.7 Å². The fourth-order valence-corrected chi connectivity index (χ4v) is 1.41. The summed E-state index contributed by atoms with van der Waals surface area (Å²) in [5.41, 5.74) is 4.42. The first kappa shape index (κ1) is 8.21. The second kappa shape index (κ2) is 2.30. The molecule has 2 rings (SSSR count). The van der Waals surface area contributed by atoms with Crippen molar-refractivity contribution in [3.05, 3.63) is 11.3 Å². The molecule has 2 aliphatic rings. The van der Waals surface area contributed by atoms with Gasteiger partial charge in [-0.05, 0) is 0 Å². The molecule has 1 aliphatic carbocycles. The Morgan fingerprint density at radius 2 is 2.15 bits per heavy atom. The Morgan fingerprint density at radius 1 is 1.54 bits per heavy atom. The van der Waals surface area contributed by atoms with Crippen LogP contribution in [0.5, 0.6) is 0 Å². The number of aliphatic carboxylic acids is 1. The number of Topliss-reactive ketones (excluding diaryl/α,β-unsaturated/α-hetero) is 1. The second-order valence-corrected chi connectivity index (χ2v) is 2.97. The van der Waals surface area contributed by atoms with Gasteiger partial charge in [0.15, 0.2) is 6.10 Å². The van der Waals surface area contributed by atoms with Gasteiger partial charge in [-0.25, -0.2) is 4.79 Å². The van der Waals surface area contributed by atoms with E-state index < -0.39 is 35.6 Å². The number of ether oxygens (including phenoxy) is 1. The van der Waals surface area contributed by atoms with Gasteiger partial charge in [-0.15, -0.1) is 0 Å². The molecule has 1 fully saturated rings. The number of rotatable bonds is 1. The zero-order chi connectivity index (χ0) is 9.75. The number of ketones is 1. The number of fused-ring (bicyclic) bond motifs is 1. The molecule has 0 aromatic heterocycles. The molecular weight excluding hydrogens is 178 g/mol. The van der Waals surface area contributed by atoms with E-state index >= 15 is 0 Å². The van der Waals surface area contributed by atoms with Gasteiger partial charge in [0.2, 0.25) is 5.78 Å². The number of hydrogen-bond donors (Lipinski definition) is 3. The Bertz CT molecular complexity index is 334. The number of carbonyl (C=O) groups excluding carboxylic acids is 1. The smallest absolute Gasteiger partial charge is 0.341 e. The normalized spacial score (nSPS) is 37.3. The standard InChI is InChI=1S/C7H7NO5/c8-2-1(7(11)12)3(9)5-6(13-5)4(2)10/h4-6,10H,8H2,(H,11,12)/t4-,5+,6-/m0/s1. The Kier molecular flexibility index (Phi) is 1.45. The highest BCUT2D eigenvalue weighted by atomic mass is 16.6. The monoisotopic (exact) mass is 185 g/mol. The number of aliphatic hydroxyl groups excluding tert-OH is 1. The van der Waals surface area contributed by atoms with Gasteiger partial charge in [-0.3, -0.25) is 4.79 Å². The molecule has 0 radical (unpaired) electrons. The molecule has 1 aliphatic heterocycles. The van der Waals surface area contributed by atoms with Crippen LogP contribution in [0, 0.1) is 0 Å². The molecule has 0 aromatic carbocycles. The molecule has 0 bridgehead atoms. The van der Waals surface area contributed by atoms with Crippen molar-refractivity contribution in [3.8, 4) is 0 Å². The number of hydrogen-bond acceptors (Lipinski definition) is 5. The molecule has 3 atom stereocenters. The lowest BCUT2D eigenvalue weighted by Gasteiger charge is -2.14. The maximum absolute atomic E-state index is 11.2. The molecule has 0 aromatic rings. The van der Waals surface area contributed by atoms with Crippen LogP contribution in [0.25, 0.3) is 0 Å². The predicted octanol–water partition coefficient (Wildman–Crippen LogP) is -2.01. The minimum Gasteiger partial charge on any atom is -0.477 e. The van der Waals surface area contributed by atoms with E-state index in [0.717, 1.165) is 0 Å². The lowest BCUT2D eigenvalue weighted by Crippen LogP contribution is -2.37. The van der Waals surface area contributed by atoms with E-state index in [1.54, 1.807) is 0 Å². The van der Waals surface area contributed by atoms with Gasteiger partial charge in [-0.1, -0.05) is 0 Å². The van der Waals surface area contributed by atoms with Crippen molar-refractivity contribution in [2.75, 3.05) is 0 Å². The molecular formula is C7H7NO5. The van der Waals surface area contributed by atoms with E-state index in [1.807, 2.05) is 0 Å². The Hall–Kier alpha value is -1.40. The molecule has 70 valence electrons. The highest BCUT2D eigenvalue weighted by molar-refractivity contribution is 6.20. The Balaban J connectivity index is 2.45. The van der Waals surface area contributed by atoms with Crippen molar-refractivity contribution in [2.45, 2.75) is 18.3 Å². The topological polar surface area (TPSA) is 113 Å². The lowest BCUT2D eigenvalue weighted by atomic mass is 9.93. The van der Waals surface area contributed by atoms with E-state index in [4.69, 9.17) is 15.6 Å². The van der Waals surface area contributed by atoms with Crippen molar-refractivity contribution in [2.24, 2.45) is 5.73 Å². The minimum atomic E-state index is -1.42. The summed E-state index contributed by atoms with van der Waals surface area (Å²) in [6.07, 6.45) is -2.63. The summed E-state index contributed by atoms with van der Waals surface area (Å²) in [6.45, 7) is 0. The van der Waals surface area contributed by atoms with Crippen molar-refractivity contribution in [3.63, 3.8) is 0 Å². The van der Waals surface area contributed by atoms with E-state index in [9.17, 15) is 14.7 Å². The number of carboxylic acids is 1. The number of aliphatic hydroxyl groups is 1. The number of carbonyl (C=O) groups is 2. The van der Waals surface area contributed by atoms with E-state index in [2.05, 4.69) is 0 Å². The summed E-state index contributed by atoms with van der Waals surface area (Å²) in [5, 5.41) is 17.9. The first-order chi connectivity index (χ1) is 6.04. The zero-order valence-corrected chi connectivity index (χ0v) is 6.43. The summed E-state index contributed by atoms with van der Waals surface area (Å²) in [4.78, 5) is 21.8. The van der Waals surface area contributed by atoms with Crippen LogP contribution in [-0.4, -0.2) is 40.3 Å². The molecule has 0 amide bonds. The highest BCUT2D eigenvalue weighted by Gasteiger charge is 2.56. The summed E-state index contributed by atoms with van der Waals surface area (Å²) < 4.78 is 4.77. The SMILES string of the molecule is NC1=C(C(=O)O)C(=O)[C@H]2O[C@H]2[C@H]1O. The molecule has 1 saturated heterocycles. The predicted molar refractivity (Wildman–Crippen MR) is 38.5 cm³/mol. The fraction of sp³-hybridized carbons (Fsp3) is 0.429. The molecule has 6 heteroatoms. The van der Waals surface area contributed by atoms with Crippen LogP contribution in [0.15, 0.2) is 11.3 Å². The first-order valence-corrected chi connectivity index (χ1v) is 3.64. The largest absolute Gasteiger partial charge is 0.477 e. The van der Waals surface area contributed by atoms with E-state index in [-0.39, 0.29) is 5.70 Å². The summed E-state index contributed by atoms with van der Waals surface area (Å²) in [7, 11) is 0. The quantitative estimate of drug-likeness (QED) is 0.321. The van der Waals surface area contributed by atoms with Crippen molar-refractivity contribution in [1.29, 1.82) is 0 Å². The van der Waals surface area contributed by atoms with Crippen LogP contribution in [0.4, 0.5) is 0 Å².